The Morgan fingerprint density at radius 2 is 1.08 bits per heavy atom. The Balaban J connectivity index is 1.57. The van der Waals surface area contributed by atoms with Gasteiger partial charge in [0, 0.05) is 0 Å². The van der Waals surface area contributed by atoms with Crippen LogP contribution in [0.2, 0.25) is 0 Å². The number of para-hydroxylation sites is 1. The van der Waals surface area contributed by atoms with E-state index in [0.717, 1.165) is 16.7 Å². The van der Waals surface area contributed by atoms with Gasteiger partial charge in [0.05, 0.1) is 28.7 Å². The topological polar surface area (TPSA) is 66.5 Å². The van der Waals surface area contributed by atoms with Gasteiger partial charge in [-0.3, -0.25) is 9.10 Å². The summed E-state index contributed by atoms with van der Waals surface area (Å²) in [5.74, 6) is -0.371. The van der Waals surface area contributed by atoms with Crippen molar-refractivity contribution in [1.29, 1.82) is 0 Å². The van der Waals surface area contributed by atoms with E-state index in [-0.39, 0.29) is 22.9 Å². The lowest BCUT2D eigenvalue weighted by molar-refractivity contribution is 0.0943. The third-order valence-corrected chi connectivity index (χ3v) is 8.23. The molecule has 0 aliphatic carbocycles. The molecule has 0 saturated carbocycles. The number of carbonyl (C=O) groups excluding carboxylic acids is 1. The average molecular weight is 533 g/mol. The molecule has 5 aromatic carbocycles. The van der Waals surface area contributed by atoms with Crippen molar-refractivity contribution in [2.75, 3.05) is 4.31 Å². The van der Waals surface area contributed by atoms with Crippen LogP contribution in [0.1, 0.15) is 33.1 Å². The van der Waals surface area contributed by atoms with E-state index in [1.165, 1.54) is 4.31 Å². The van der Waals surface area contributed by atoms with E-state index in [9.17, 15) is 13.2 Å². The van der Waals surface area contributed by atoms with Crippen LogP contribution in [-0.4, -0.2) is 14.3 Å². The van der Waals surface area contributed by atoms with Crippen LogP contribution in [0, 0.1) is 0 Å². The first kappa shape index (κ1) is 25.9. The number of benzene rings is 5. The molecule has 1 amide bonds. The van der Waals surface area contributed by atoms with Gasteiger partial charge in [-0.1, -0.05) is 121 Å². The van der Waals surface area contributed by atoms with Crippen LogP contribution < -0.4 is 9.62 Å². The van der Waals surface area contributed by atoms with Crippen LogP contribution in [0.5, 0.6) is 0 Å². The molecule has 0 radical (unpaired) electrons. The lowest BCUT2D eigenvalue weighted by atomic mass is 9.98. The lowest BCUT2D eigenvalue weighted by Crippen LogP contribution is -2.34. The molecule has 0 bridgehead atoms. The molecule has 1 N–H and O–H groups in total. The van der Waals surface area contributed by atoms with E-state index in [1.807, 2.05) is 91.0 Å². The second-order valence-electron chi connectivity index (χ2n) is 9.06. The first-order valence-corrected chi connectivity index (χ1v) is 14.1. The van der Waals surface area contributed by atoms with Crippen molar-refractivity contribution in [3.05, 3.63) is 168 Å². The number of nitrogens with zero attached hydrogens (tertiary/aromatic N) is 1. The molecule has 0 spiro atoms. The number of rotatable bonds is 9. The third-order valence-electron chi connectivity index (χ3n) is 6.46. The number of nitrogens with one attached hydrogen (secondary N) is 1. The largest absolute Gasteiger partial charge is 0.341 e. The van der Waals surface area contributed by atoms with Gasteiger partial charge in [-0.15, -0.1) is 0 Å². The molecule has 0 heterocycles. The van der Waals surface area contributed by atoms with Gasteiger partial charge in [0.15, 0.2) is 0 Å². The molecule has 0 aliphatic heterocycles. The van der Waals surface area contributed by atoms with Gasteiger partial charge in [0.25, 0.3) is 15.9 Å². The molecule has 0 aromatic heterocycles. The Morgan fingerprint density at radius 3 is 1.64 bits per heavy atom. The molecule has 5 aromatic rings. The highest BCUT2D eigenvalue weighted by molar-refractivity contribution is 7.92. The molecule has 0 unspecified atom stereocenters. The van der Waals surface area contributed by atoms with E-state index in [2.05, 4.69) is 5.32 Å². The molecule has 5 rings (SSSR count). The first-order valence-electron chi connectivity index (χ1n) is 12.7. The predicted molar refractivity (Wildman–Crippen MR) is 155 cm³/mol. The van der Waals surface area contributed by atoms with Crippen molar-refractivity contribution in [3.8, 4) is 0 Å². The van der Waals surface area contributed by atoms with E-state index in [0.29, 0.717) is 5.69 Å². The zero-order valence-electron chi connectivity index (χ0n) is 21.2. The predicted octanol–water partition coefficient (Wildman–Crippen LogP) is 6.60. The van der Waals surface area contributed by atoms with Crippen molar-refractivity contribution in [2.45, 2.75) is 17.5 Å². The summed E-state index contributed by atoms with van der Waals surface area (Å²) in [7, 11) is -3.99. The lowest BCUT2D eigenvalue weighted by Gasteiger charge is -2.27. The monoisotopic (exact) mass is 532 g/mol. The second kappa shape index (κ2) is 11.8. The molecule has 0 aliphatic rings. The number of carbonyl (C=O) groups is 1. The van der Waals surface area contributed by atoms with Crippen LogP contribution in [0.4, 0.5) is 5.69 Å². The van der Waals surface area contributed by atoms with Gasteiger partial charge >= 0.3 is 0 Å². The molecular formula is C33H28N2O3S. The molecule has 0 saturated heterocycles. The molecule has 0 fully saturated rings. The van der Waals surface area contributed by atoms with Gasteiger partial charge in [-0.05, 0) is 41.0 Å². The van der Waals surface area contributed by atoms with E-state index < -0.39 is 16.1 Å². The normalized spacial score (nSPS) is 11.2. The number of amides is 1. The van der Waals surface area contributed by atoms with Crippen LogP contribution in [0.3, 0.4) is 0 Å². The van der Waals surface area contributed by atoms with Gasteiger partial charge in [-0.2, -0.15) is 0 Å². The summed E-state index contributed by atoms with van der Waals surface area (Å²) in [6, 6.07) is 43.5. The van der Waals surface area contributed by atoms with Crippen LogP contribution in [0.25, 0.3) is 0 Å². The van der Waals surface area contributed by atoms with Crippen LogP contribution in [0.15, 0.2) is 150 Å². The smallest absolute Gasteiger partial charge is 0.264 e. The summed E-state index contributed by atoms with van der Waals surface area (Å²) < 4.78 is 29.3. The molecule has 39 heavy (non-hydrogen) atoms. The SMILES string of the molecule is O=C(NC(c1ccccc1)c1ccccc1)c1ccccc1N(Cc1ccccc1)S(=O)(=O)c1ccccc1. The van der Waals surface area contributed by atoms with Crippen LogP contribution in [-0.2, 0) is 16.6 Å². The van der Waals surface area contributed by atoms with Crippen molar-refractivity contribution >= 4 is 21.6 Å². The fourth-order valence-electron chi connectivity index (χ4n) is 4.51. The number of anilines is 1. The first-order chi connectivity index (χ1) is 19.0. The average Bonchev–Trinajstić information content (AvgIpc) is 3.00. The Bertz CT molecular complexity index is 1590. The minimum absolute atomic E-state index is 0.0726. The molecule has 5 nitrogen and oxygen atoms in total. The summed E-state index contributed by atoms with van der Waals surface area (Å²) in [6.45, 7) is 0.0726. The number of hydrogen-bond donors (Lipinski definition) is 1. The number of hydrogen-bond acceptors (Lipinski definition) is 3. The van der Waals surface area contributed by atoms with Crippen molar-refractivity contribution in [3.63, 3.8) is 0 Å². The Labute approximate surface area is 229 Å². The molecule has 0 atom stereocenters. The fraction of sp³-hybridized carbons (Fsp3) is 0.0606. The maximum Gasteiger partial charge on any atom is 0.264 e. The van der Waals surface area contributed by atoms with Crippen LogP contribution >= 0.6 is 0 Å². The summed E-state index contributed by atoms with van der Waals surface area (Å²) in [6.07, 6.45) is 0. The summed E-state index contributed by atoms with van der Waals surface area (Å²) >= 11 is 0. The van der Waals surface area contributed by atoms with E-state index in [4.69, 9.17) is 0 Å². The number of sulfonamides is 1. The standard InChI is InChI=1S/C33H28N2O3S/c36-33(34-32(27-17-7-2-8-18-27)28-19-9-3-10-20-28)30-23-13-14-24-31(30)35(25-26-15-5-1-6-16-26)39(37,38)29-21-11-4-12-22-29/h1-24,32H,25H2,(H,34,36). The van der Waals surface area contributed by atoms with Gasteiger partial charge < -0.3 is 5.32 Å². The summed E-state index contributed by atoms with van der Waals surface area (Å²) in [5, 5.41) is 3.16. The highest BCUT2D eigenvalue weighted by Crippen LogP contribution is 2.30. The van der Waals surface area contributed by atoms with Gasteiger partial charge in [0.2, 0.25) is 0 Å². The van der Waals surface area contributed by atoms with Gasteiger partial charge in [-0.25, -0.2) is 8.42 Å². The summed E-state index contributed by atoms with van der Waals surface area (Å²) in [4.78, 5) is 14.1. The Hall–Kier alpha value is -4.68. The third kappa shape index (κ3) is 5.92. The minimum atomic E-state index is -3.99. The van der Waals surface area contributed by atoms with E-state index in [1.54, 1.807) is 54.6 Å². The van der Waals surface area contributed by atoms with Crippen molar-refractivity contribution in [1.82, 2.24) is 5.32 Å². The zero-order chi connectivity index (χ0) is 27.1. The fourth-order valence-corrected chi connectivity index (χ4v) is 6.00. The van der Waals surface area contributed by atoms with Crippen molar-refractivity contribution < 1.29 is 13.2 Å². The van der Waals surface area contributed by atoms with Gasteiger partial charge in [0.1, 0.15) is 0 Å². The van der Waals surface area contributed by atoms with E-state index >= 15 is 0 Å². The zero-order valence-corrected chi connectivity index (χ0v) is 22.0. The minimum Gasteiger partial charge on any atom is -0.341 e. The highest BCUT2D eigenvalue weighted by Gasteiger charge is 2.29. The summed E-state index contributed by atoms with van der Waals surface area (Å²) in [5.41, 5.74) is 3.23. The Kier molecular flexibility index (Phi) is 7.85. The molecular weight excluding hydrogens is 504 g/mol. The maximum absolute atomic E-state index is 14.0. The molecule has 6 heteroatoms. The van der Waals surface area contributed by atoms with Crippen molar-refractivity contribution in [2.24, 2.45) is 0 Å². The second-order valence-corrected chi connectivity index (χ2v) is 10.9. The highest BCUT2D eigenvalue weighted by atomic mass is 32.2. The molecule has 194 valence electrons. The Morgan fingerprint density at radius 1 is 0.615 bits per heavy atom. The maximum atomic E-state index is 14.0. The quantitative estimate of drug-likeness (QED) is 0.233.